The van der Waals surface area contributed by atoms with E-state index in [1.54, 1.807) is 0 Å². The zero-order chi connectivity index (χ0) is 11.5. The second-order valence-electron chi connectivity index (χ2n) is 4.05. The van der Waals surface area contributed by atoms with Crippen molar-refractivity contribution in [3.8, 4) is 0 Å². The van der Waals surface area contributed by atoms with Gasteiger partial charge >= 0.3 is 0 Å². The highest BCUT2D eigenvalue weighted by Crippen LogP contribution is 2.11. The maximum Gasteiger partial charge on any atom is 0.230 e. The Morgan fingerprint density at radius 2 is 1.88 bits per heavy atom. The van der Waals surface area contributed by atoms with Crippen LogP contribution in [0.1, 0.15) is 14.2 Å². The summed E-state index contributed by atoms with van der Waals surface area (Å²) in [6.07, 6.45) is 0.785. The maximum absolute atomic E-state index is 5.67. The Hall–Kier alpha value is -1.43. The molecule has 1 saturated heterocycles. The third-order valence-electron chi connectivity index (χ3n) is 2.79. The molecule has 0 radical (unpaired) electrons. The summed E-state index contributed by atoms with van der Waals surface area (Å²) in [5.41, 5.74) is 5.67. The third-order valence-corrected chi connectivity index (χ3v) is 2.79. The fourth-order valence-electron chi connectivity index (χ4n) is 1.73. The summed E-state index contributed by atoms with van der Waals surface area (Å²) in [6.45, 7) is 5.98. The summed E-state index contributed by atoms with van der Waals surface area (Å²) >= 11 is 0. The first-order valence-corrected chi connectivity index (χ1v) is 5.63. The van der Waals surface area contributed by atoms with Crippen molar-refractivity contribution < 1.29 is 1.43 Å². The molecule has 0 saturated carbocycles. The average Bonchev–Trinajstić information content (AvgIpc) is 2.29. The number of rotatable bonds is 2. The number of nitrogens with zero attached hydrogens (tertiary/aromatic N) is 5. The summed E-state index contributed by atoms with van der Waals surface area (Å²) in [5.74, 6) is 1.81. The lowest BCUT2D eigenvalue weighted by molar-refractivity contribution is 0.311. The summed E-state index contributed by atoms with van der Waals surface area (Å²) in [7, 11) is 2.12. The summed E-state index contributed by atoms with van der Waals surface area (Å²) in [4.78, 5) is 17.1. The number of nitrogen functional groups attached to an aromatic ring is 1. The van der Waals surface area contributed by atoms with E-state index in [-0.39, 0.29) is 1.43 Å². The van der Waals surface area contributed by atoms with E-state index in [9.17, 15) is 0 Å². The highest BCUT2D eigenvalue weighted by molar-refractivity contribution is 5.35. The molecule has 0 unspecified atom stereocenters. The molecule has 1 aliphatic heterocycles. The van der Waals surface area contributed by atoms with Crippen molar-refractivity contribution in [3.63, 3.8) is 0 Å². The molecule has 1 fully saturated rings. The Morgan fingerprint density at radius 1 is 1.19 bits per heavy atom. The number of aryl methyl sites for hydroxylation is 1. The normalized spacial score (nSPS) is 17.8. The van der Waals surface area contributed by atoms with Gasteiger partial charge < -0.3 is 15.5 Å². The Kier molecular flexibility index (Phi) is 3.19. The standard InChI is InChI=1S/C10H18N6.H2/c1-3-8-12-9(11)14-10(13-8)16-6-4-15(2)5-7-16;/h3-7H2,1-2H3,(H2,11,12,13,14);1H. The molecule has 1 aliphatic rings. The molecule has 90 valence electrons. The van der Waals surface area contributed by atoms with Gasteiger partial charge in [-0.3, -0.25) is 0 Å². The first kappa shape index (κ1) is 11.1. The molecule has 1 aromatic heterocycles. The summed E-state index contributed by atoms with van der Waals surface area (Å²) in [6, 6.07) is 0. The summed E-state index contributed by atoms with van der Waals surface area (Å²) in [5, 5.41) is 0. The lowest BCUT2D eigenvalue weighted by Gasteiger charge is -2.32. The van der Waals surface area contributed by atoms with Crippen molar-refractivity contribution in [2.75, 3.05) is 43.9 Å². The van der Waals surface area contributed by atoms with Gasteiger partial charge in [0.15, 0.2) is 0 Å². The molecule has 0 atom stereocenters. The maximum atomic E-state index is 5.67. The van der Waals surface area contributed by atoms with Crippen molar-refractivity contribution in [1.82, 2.24) is 19.9 Å². The van der Waals surface area contributed by atoms with Gasteiger partial charge in [-0.2, -0.15) is 15.0 Å². The SMILES string of the molecule is CCc1nc(N)nc(N2CCN(C)CC2)n1.[HH]. The lowest BCUT2D eigenvalue weighted by Crippen LogP contribution is -2.45. The van der Waals surface area contributed by atoms with Crippen LogP contribution in [0.4, 0.5) is 11.9 Å². The van der Waals surface area contributed by atoms with Crippen LogP contribution in [0, 0.1) is 0 Å². The van der Waals surface area contributed by atoms with E-state index < -0.39 is 0 Å². The second kappa shape index (κ2) is 4.61. The van der Waals surface area contributed by atoms with Gasteiger partial charge in [0.1, 0.15) is 5.82 Å². The Bertz CT molecular complexity index is 364. The van der Waals surface area contributed by atoms with Crippen molar-refractivity contribution in [2.45, 2.75) is 13.3 Å². The van der Waals surface area contributed by atoms with Crippen LogP contribution in [-0.4, -0.2) is 53.1 Å². The Labute approximate surface area is 97.0 Å². The highest BCUT2D eigenvalue weighted by atomic mass is 15.3. The molecule has 6 nitrogen and oxygen atoms in total. The van der Waals surface area contributed by atoms with Crippen molar-refractivity contribution in [2.24, 2.45) is 0 Å². The fourth-order valence-corrected chi connectivity index (χ4v) is 1.73. The highest BCUT2D eigenvalue weighted by Gasteiger charge is 2.17. The number of nitrogens with two attached hydrogens (primary N) is 1. The first-order chi connectivity index (χ1) is 7.69. The van der Waals surface area contributed by atoms with E-state index >= 15 is 0 Å². The molecule has 2 N–H and O–H groups in total. The monoisotopic (exact) mass is 224 g/mol. The van der Waals surface area contributed by atoms with Gasteiger partial charge in [-0.05, 0) is 7.05 Å². The van der Waals surface area contributed by atoms with E-state index in [0.717, 1.165) is 44.4 Å². The molecule has 1 aromatic rings. The molecule has 0 amide bonds. The zero-order valence-electron chi connectivity index (χ0n) is 9.85. The molecule has 16 heavy (non-hydrogen) atoms. The smallest absolute Gasteiger partial charge is 0.230 e. The van der Waals surface area contributed by atoms with Crippen LogP contribution in [0.3, 0.4) is 0 Å². The summed E-state index contributed by atoms with van der Waals surface area (Å²) < 4.78 is 0. The molecule has 6 heteroatoms. The number of likely N-dealkylation sites (N-methyl/N-ethyl adjacent to an activating group) is 1. The van der Waals surface area contributed by atoms with Gasteiger partial charge in [0.05, 0.1) is 0 Å². The van der Waals surface area contributed by atoms with Crippen LogP contribution in [0.25, 0.3) is 0 Å². The molecule has 0 bridgehead atoms. The quantitative estimate of drug-likeness (QED) is 0.763. The average molecular weight is 224 g/mol. The third kappa shape index (κ3) is 2.38. The first-order valence-electron chi connectivity index (χ1n) is 5.63. The minimum atomic E-state index is 0. The predicted octanol–water partition coefficient (Wildman–Crippen LogP) is 0.0140. The van der Waals surface area contributed by atoms with Crippen LogP contribution >= 0.6 is 0 Å². The number of aromatic nitrogens is 3. The molecule has 0 spiro atoms. The number of piperazine rings is 1. The van der Waals surface area contributed by atoms with Gasteiger partial charge in [-0.1, -0.05) is 6.92 Å². The Balaban J connectivity index is 0.00000144. The fraction of sp³-hybridized carbons (Fsp3) is 0.700. The minimum absolute atomic E-state index is 0. The molecule has 0 aliphatic carbocycles. The molecular formula is C10H20N6. The minimum Gasteiger partial charge on any atom is -0.368 e. The lowest BCUT2D eigenvalue weighted by atomic mass is 10.3. The second-order valence-corrected chi connectivity index (χ2v) is 4.05. The van der Waals surface area contributed by atoms with Crippen LogP contribution in [0.15, 0.2) is 0 Å². The van der Waals surface area contributed by atoms with Gasteiger partial charge in [0.2, 0.25) is 11.9 Å². The van der Waals surface area contributed by atoms with Crippen LogP contribution in [0.5, 0.6) is 0 Å². The number of hydrogen-bond donors (Lipinski definition) is 1. The number of hydrogen-bond acceptors (Lipinski definition) is 6. The van der Waals surface area contributed by atoms with Crippen LogP contribution in [0.2, 0.25) is 0 Å². The predicted molar refractivity (Wildman–Crippen MR) is 65.4 cm³/mol. The van der Waals surface area contributed by atoms with Crippen molar-refractivity contribution >= 4 is 11.9 Å². The van der Waals surface area contributed by atoms with Gasteiger partial charge in [0.25, 0.3) is 0 Å². The Morgan fingerprint density at radius 3 is 2.50 bits per heavy atom. The van der Waals surface area contributed by atoms with Crippen molar-refractivity contribution in [3.05, 3.63) is 5.82 Å². The zero-order valence-corrected chi connectivity index (χ0v) is 9.85. The van der Waals surface area contributed by atoms with Crippen molar-refractivity contribution in [1.29, 1.82) is 0 Å². The van der Waals surface area contributed by atoms with E-state index in [4.69, 9.17) is 5.73 Å². The van der Waals surface area contributed by atoms with Crippen LogP contribution in [-0.2, 0) is 6.42 Å². The number of anilines is 2. The molecular weight excluding hydrogens is 204 g/mol. The van der Waals surface area contributed by atoms with Gasteiger partial charge in [-0.25, -0.2) is 0 Å². The van der Waals surface area contributed by atoms with E-state index in [2.05, 4.69) is 31.8 Å². The topological polar surface area (TPSA) is 71.2 Å². The largest absolute Gasteiger partial charge is 0.368 e. The van der Waals surface area contributed by atoms with E-state index in [0.29, 0.717) is 5.95 Å². The molecule has 0 aromatic carbocycles. The van der Waals surface area contributed by atoms with E-state index in [1.807, 2.05) is 6.92 Å². The van der Waals surface area contributed by atoms with Crippen LogP contribution < -0.4 is 10.6 Å². The molecule has 2 rings (SSSR count). The van der Waals surface area contributed by atoms with E-state index in [1.165, 1.54) is 0 Å². The van der Waals surface area contributed by atoms with Gasteiger partial charge in [0, 0.05) is 34.0 Å². The molecule has 2 heterocycles. The van der Waals surface area contributed by atoms with Gasteiger partial charge in [-0.15, -0.1) is 0 Å².